The Morgan fingerprint density at radius 3 is 2.15 bits per heavy atom. The highest BCUT2D eigenvalue weighted by molar-refractivity contribution is 8.23. The molecule has 0 bridgehead atoms. The Kier molecular flexibility index (Phi) is 13.5. The van der Waals surface area contributed by atoms with Crippen LogP contribution in [0.4, 0.5) is 0 Å². The van der Waals surface area contributed by atoms with Gasteiger partial charge in [-0.1, -0.05) is 75.8 Å². The van der Waals surface area contributed by atoms with E-state index in [1.807, 2.05) is 19.0 Å². The molecular weight excluding hydrogens is 290 g/mol. The van der Waals surface area contributed by atoms with Crippen LogP contribution < -0.4 is 0 Å². The van der Waals surface area contributed by atoms with Crippen LogP contribution in [0.25, 0.3) is 0 Å². The van der Waals surface area contributed by atoms with Gasteiger partial charge in [-0.05, 0) is 6.42 Å². The first-order chi connectivity index (χ1) is 9.57. The van der Waals surface area contributed by atoms with E-state index in [-0.39, 0.29) is 5.97 Å². The minimum absolute atomic E-state index is 0.165. The Bertz CT molecular complexity index is 271. The highest BCUT2D eigenvalue weighted by atomic mass is 32.2. The van der Waals surface area contributed by atoms with Crippen molar-refractivity contribution in [1.29, 1.82) is 0 Å². The number of rotatable bonds is 11. The van der Waals surface area contributed by atoms with Crippen molar-refractivity contribution in [1.82, 2.24) is 4.90 Å². The number of esters is 1. The molecule has 0 amide bonds. The molecule has 5 heteroatoms. The first-order valence-electron chi connectivity index (χ1n) is 7.57. The van der Waals surface area contributed by atoms with Gasteiger partial charge in [-0.3, -0.25) is 4.79 Å². The van der Waals surface area contributed by atoms with E-state index in [9.17, 15) is 4.79 Å². The van der Waals surface area contributed by atoms with Crippen LogP contribution in [0.2, 0.25) is 0 Å². The second-order valence-electron chi connectivity index (χ2n) is 5.14. The minimum atomic E-state index is -0.165. The van der Waals surface area contributed by atoms with Crippen LogP contribution in [0.1, 0.15) is 58.3 Å². The molecule has 0 heterocycles. The lowest BCUT2D eigenvalue weighted by molar-refractivity contribution is -0.140. The molecule has 118 valence electrons. The van der Waals surface area contributed by atoms with Crippen LogP contribution in [-0.2, 0) is 9.53 Å². The van der Waals surface area contributed by atoms with Crippen molar-refractivity contribution in [2.75, 3.05) is 26.5 Å². The number of nitrogens with zero attached hydrogens (tertiary/aromatic N) is 1. The summed E-state index contributed by atoms with van der Waals surface area (Å²) < 4.78 is 5.90. The molecule has 0 N–H and O–H groups in total. The van der Waals surface area contributed by atoms with E-state index in [0.29, 0.717) is 16.7 Å². The van der Waals surface area contributed by atoms with Gasteiger partial charge in [0.1, 0.15) is 4.32 Å². The summed E-state index contributed by atoms with van der Waals surface area (Å²) in [4.78, 5) is 13.3. The molecule has 0 aromatic heterocycles. The fourth-order valence-electron chi connectivity index (χ4n) is 1.71. The summed E-state index contributed by atoms with van der Waals surface area (Å²) >= 11 is 6.45. The largest absolute Gasteiger partial charge is 0.465 e. The molecule has 0 spiro atoms. The molecule has 0 aromatic rings. The average molecular weight is 320 g/mol. The molecular formula is C15H29NO2S2. The van der Waals surface area contributed by atoms with Crippen molar-refractivity contribution in [2.24, 2.45) is 0 Å². The highest BCUT2D eigenvalue weighted by Gasteiger charge is 2.06. The summed E-state index contributed by atoms with van der Waals surface area (Å²) in [5.41, 5.74) is 0. The summed E-state index contributed by atoms with van der Waals surface area (Å²) in [6, 6.07) is 0. The smallest absolute Gasteiger partial charge is 0.316 e. The highest BCUT2D eigenvalue weighted by Crippen LogP contribution is 2.09. The number of carbonyl (C=O) groups excluding carboxylic acids is 1. The molecule has 0 aliphatic carbocycles. The number of ether oxygens (including phenoxy) is 1. The Morgan fingerprint density at radius 2 is 1.60 bits per heavy atom. The molecule has 0 aliphatic heterocycles. The third kappa shape index (κ3) is 12.7. The Balaban J connectivity index is 3.29. The molecule has 0 saturated carbocycles. The average Bonchev–Trinajstić information content (AvgIpc) is 2.42. The lowest BCUT2D eigenvalue weighted by atomic mass is 10.1. The maximum absolute atomic E-state index is 11.5. The number of hydrogen-bond acceptors (Lipinski definition) is 4. The number of unbranched alkanes of at least 4 members (excludes halogenated alkanes) is 7. The SMILES string of the molecule is CCCCCCCCCCOC(=O)CSC(=S)N(C)C. The zero-order valence-electron chi connectivity index (χ0n) is 13.2. The molecule has 0 atom stereocenters. The predicted octanol–water partition coefficient (Wildman–Crippen LogP) is 4.25. The molecule has 0 saturated heterocycles. The third-order valence-corrected chi connectivity index (χ3v) is 4.65. The normalized spacial score (nSPS) is 10.3. The predicted molar refractivity (Wildman–Crippen MR) is 92.3 cm³/mol. The van der Waals surface area contributed by atoms with Crippen LogP contribution in [0.3, 0.4) is 0 Å². The van der Waals surface area contributed by atoms with Crippen molar-refractivity contribution in [3.63, 3.8) is 0 Å². The lowest BCUT2D eigenvalue weighted by Gasteiger charge is -2.12. The molecule has 0 aliphatic rings. The Labute approximate surface area is 133 Å². The van der Waals surface area contributed by atoms with Crippen molar-refractivity contribution in [2.45, 2.75) is 58.3 Å². The first-order valence-corrected chi connectivity index (χ1v) is 8.97. The molecule has 0 unspecified atom stereocenters. The minimum Gasteiger partial charge on any atom is -0.465 e. The summed E-state index contributed by atoms with van der Waals surface area (Å²) in [7, 11) is 3.75. The summed E-state index contributed by atoms with van der Waals surface area (Å²) in [6.45, 7) is 2.78. The van der Waals surface area contributed by atoms with Crippen LogP contribution in [0.15, 0.2) is 0 Å². The van der Waals surface area contributed by atoms with Crippen molar-refractivity contribution in [3.8, 4) is 0 Å². The van der Waals surface area contributed by atoms with E-state index in [4.69, 9.17) is 17.0 Å². The van der Waals surface area contributed by atoms with E-state index in [2.05, 4.69) is 6.92 Å². The van der Waals surface area contributed by atoms with Gasteiger partial charge in [0, 0.05) is 14.1 Å². The van der Waals surface area contributed by atoms with E-state index in [1.54, 1.807) is 0 Å². The van der Waals surface area contributed by atoms with Crippen molar-refractivity contribution < 1.29 is 9.53 Å². The zero-order valence-corrected chi connectivity index (χ0v) is 14.8. The maximum Gasteiger partial charge on any atom is 0.316 e. The molecule has 0 rings (SSSR count). The number of thiocarbonyl (C=S) groups is 1. The van der Waals surface area contributed by atoms with E-state index < -0.39 is 0 Å². The van der Waals surface area contributed by atoms with Gasteiger partial charge in [-0.15, -0.1) is 0 Å². The zero-order chi connectivity index (χ0) is 15.2. The topological polar surface area (TPSA) is 29.5 Å². The molecule has 0 aromatic carbocycles. The second kappa shape index (κ2) is 13.7. The fraction of sp³-hybridized carbons (Fsp3) is 0.867. The number of hydrogen-bond donors (Lipinski definition) is 0. The summed E-state index contributed by atoms with van der Waals surface area (Å²) in [5, 5.41) is 0. The molecule has 0 radical (unpaired) electrons. The van der Waals surface area contributed by atoms with E-state index >= 15 is 0 Å². The Morgan fingerprint density at radius 1 is 1.05 bits per heavy atom. The van der Waals surface area contributed by atoms with Gasteiger partial charge in [0.25, 0.3) is 0 Å². The van der Waals surface area contributed by atoms with Crippen LogP contribution >= 0.6 is 24.0 Å². The van der Waals surface area contributed by atoms with Gasteiger partial charge >= 0.3 is 5.97 Å². The first kappa shape index (κ1) is 19.7. The summed E-state index contributed by atoms with van der Waals surface area (Å²) in [6.07, 6.45) is 10.0. The van der Waals surface area contributed by atoms with Gasteiger partial charge in [0.05, 0.1) is 12.4 Å². The van der Waals surface area contributed by atoms with Gasteiger partial charge in [0.2, 0.25) is 0 Å². The van der Waals surface area contributed by atoms with Crippen molar-refractivity contribution >= 4 is 34.3 Å². The fourth-order valence-corrected chi connectivity index (χ4v) is 2.47. The van der Waals surface area contributed by atoms with Gasteiger partial charge in [0.15, 0.2) is 0 Å². The number of carbonyl (C=O) groups is 1. The Hall–Kier alpha value is -0.290. The standard InChI is InChI=1S/C15H29NO2S2/c1-4-5-6-7-8-9-10-11-12-18-14(17)13-20-15(19)16(2)3/h4-13H2,1-3H3. The lowest BCUT2D eigenvalue weighted by Crippen LogP contribution is -2.19. The van der Waals surface area contributed by atoms with Crippen LogP contribution in [-0.4, -0.2) is 41.6 Å². The van der Waals surface area contributed by atoms with E-state index in [0.717, 1.165) is 12.8 Å². The molecule has 3 nitrogen and oxygen atoms in total. The van der Waals surface area contributed by atoms with Crippen LogP contribution in [0, 0.1) is 0 Å². The van der Waals surface area contributed by atoms with E-state index in [1.165, 1.54) is 50.3 Å². The van der Waals surface area contributed by atoms with Gasteiger partial charge < -0.3 is 9.64 Å². The summed E-state index contributed by atoms with van der Waals surface area (Å²) in [5.74, 6) is 0.149. The third-order valence-electron chi connectivity index (χ3n) is 2.94. The molecule has 0 fully saturated rings. The van der Waals surface area contributed by atoms with Crippen LogP contribution in [0.5, 0.6) is 0 Å². The second-order valence-corrected chi connectivity index (χ2v) is 6.75. The van der Waals surface area contributed by atoms with Gasteiger partial charge in [-0.2, -0.15) is 0 Å². The molecule has 20 heavy (non-hydrogen) atoms. The number of thioether (sulfide) groups is 1. The monoisotopic (exact) mass is 319 g/mol. The maximum atomic E-state index is 11.5. The van der Waals surface area contributed by atoms with Crippen molar-refractivity contribution in [3.05, 3.63) is 0 Å². The van der Waals surface area contributed by atoms with Gasteiger partial charge in [-0.25, -0.2) is 0 Å². The quantitative estimate of drug-likeness (QED) is 0.323.